The van der Waals surface area contributed by atoms with Crippen molar-refractivity contribution in [2.75, 3.05) is 11.0 Å². The molecule has 0 saturated carbocycles. The van der Waals surface area contributed by atoms with E-state index >= 15 is 0 Å². The highest BCUT2D eigenvalue weighted by atomic mass is 35.5. The SMILES string of the molecule is Clc1ccccc1N(Cl)CCCCc1ccnnn1. The quantitative estimate of drug-likeness (QED) is 0.604. The lowest BCUT2D eigenvalue weighted by Crippen LogP contribution is -2.12. The molecule has 2 aromatic rings. The van der Waals surface area contributed by atoms with Gasteiger partial charge in [0, 0.05) is 18.3 Å². The topological polar surface area (TPSA) is 41.9 Å². The van der Waals surface area contributed by atoms with E-state index < -0.39 is 0 Å². The van der Waals surface area contributed by atoms with Crippen LogP contribution in [-0.2, 0) is 6.42 Å². The number of para-hydroxylation sites is 1. The van der Waals surface area contributed by atoms with Gasteiger partial charge in [0.05, 0.1) is 22.6 Å². The molecule has 0 fully saturated rings. The maximum Gasteiger partial charge on any atom is 0.0709 e. The zero-order valence-electron chi connectivity index (χ0n) is 10.3. The van der Waals surface area contributed by atoms with Crippen molar-refractivity contribution in [3.63, 3.8) is 0 Å². The Morgan fingerprint density at radius 3 is 2.68 bits per heavy atom. The van der Waals surface area contributed by atoms with Crippen LogP contribution in [0.2, 0.25) is 5.02 Å². The molecule has 0 radical (unpaired) electrons. The van der Waals surface area contributed by atoms with Gasteiger partial charge in [-0.3, -0.25) is 4.42 Å². The van der Waals surface area contributed by atoms with E-state index in [1.165, 1.54) is 0 Å². The van der Waals surface area contributed by atoms with Gasteiger partial charge in [-0.25, -0.2) is 0 Å². The summed E-state index contributed by atoms with van der Waals surface area (Å²) < 4.78 is 1.65. The average Bonchev–Trinajstić information content (AvgIpc) is 2.45. The molecular formula is C13H14Cl2N4. The Kier molecular flexibility index (Phi) is 5.36. The Morgan fingerprint density at radius 2 is 1.95 bits per heavy atom. The number of benzene rings is 1. The van der Waals surface area contributed by atoms with E-state index in [2.05, 4.69) is 15.4 Å². The Bertz CT molecular complexity index is 507. The molecule has 0 bridgehead atoms. The van der Waals surface area contributed by atoms with Gasteiger partial charge in [0.15, 0.2) is 0 Å². The van der Waals surface area contributed by atoms with Gasteiger partial charge in [0.25, 0.3) is 0 Å². The van der Waals surface area contributed by atoms with Crippen LogP contribution in [0.1, 0.15) is 18.5 Å². The van der Waals surface area contributed by atoms with Gasteiger partial charge < -0.3 is 0 Å². The molecule has 100 valence electrons. The average molecular weight is 297 g/mol. The first kappa shape index (κ1) is 14.0. The van der Waals surface area contributed by atoms with Crippen LogP contribution < -0.4 is 4.42 Å². The van der Waals surface area contributed by atoms with Gasteiger partial charge in [0.2, 0.25) is 0 Å². The number of unbranched alkanes of at least 4 members (excludes halogenated alkanes) is 1. The van der Waals surface area contributed by atoms with Gasteiger partial charge >= 0.3 is 0 Å². The van der Waals surface area contributed by atoms with Crippen LogP contribution in [0, 0.1) is 0 Å². The zero-order chi connectivity index (χ0) is 13.5. The van der Waals surface area contributed by atoms with Crippen molar-refractivity contribution in [2.24, 2.45) is 0 Å². The standard InChI is InChI=1S/C13H14Cl2N4/c14-12-6-1-2-7-13(12)19(15)10-4-3-5-11-8-9-16-18-17-11/h1-2,6-9H,3-5,10H2. The number of hydrogen-bond donors (Lipinski definition) is 0. The van der Waals surface area contributed by atoms with Crippen LogP contribution in [0.25, 0.3) is 0 Å². The molecule has 0 atom stereocenters. The largest absolute Gasteiger partial charge is 0.284 e. The Hall–Kier alpha value is -1.39. The van der Waals surface area contributed by atoms with Crippen molar-refractivity contribution in [3.8, 4) is 0 Å². The van der Waals surface area contributed by atoms with E-state index in [4.69, 9.17) is 23.4 Å². The summed E-state index contributed by atoms with van der Waals surface area (Å²) in [7, 11) is 0. The Labute approximate surface area is 122 Å². The van der Waals surface area contributed by atoms with Crippen molar-refractivity contribution in [1.29, 1.82) is 0 Å². The Balaban J connectivity index is 1.76. The number of hydrogen-bond acceptors (Lipinski definition) is 4. The lowest BCUT2D eigenvalue weighted by atomic mass is 10.2. The van der Waals surface area contributed by atoms with Crippen LogP contribution in [0.4, 0.5) is 5.69 Å². The van der Waals surface area contributed by atoms with Gasteiger partial charge in [-0.2, -0.15) is 0 Å². The number of halogens is 2. The van der Waals surface area contributed by atoms with E-state index in [9.17, 15) is 0 Å². The first-order valence-electron chi connectivity index (χ1n) is 6.08. The molecule has 0 aliphatic rings. The number of anilines is 1. The van der Waals surface area contributed by atoms with Crippen LogP contribution in [0.15, 0.2) is 36.5 Å². The van der Waals surface area contributed by atoms with Crippen LogP contribution in [0.3, 0.4) is 0 Å². The van der Waals surface area contributed by atoms with Crippen molar-refractivity contribution < 1.29 is 0 Å². The summed E-state index contributed by atoms with van der Waals surface area (Å²) in [5.41, 5.74) is 1.79. The molecule has 2 rings (SSSR count). The van der Waals surface area contributed by atoms with Crippen molar-refractivity contribution in [2.45, 2.75) is 19.3 Å². The van der Waals surface area contributed by atoms with E-state index in [0.717, 1.165) is 37.2 Å². The highest BCUT2D eigenvalue weighted by Gasteiger charge is 2.06. The van der Waals surface area contributed by atoms with Gasteiger partial charge in [-0.05, 0) is 42.7 Å². The van der Waals surface area contributed by atoms with Gasteiger partial charge in [-0.1, -0.05) is 23.7 Å². The van der Waals surface area contributed by atoms with E-state index in [0.29, 0.717) is 5.02 Å². The summed E-state index contributed by atoms with van der Waals surface area (Å²) in [6.45, 7) is 0.740. The normalized spacial score (nSPS) is 10.4. The smallest absolute Gasteiger partial charge is 0.0709 e. The maximum atomic E-state index is 6.20. The minimum atomic E-state index is 0.664. The first-order chi connectivity index (χ1) is 9.27. The van der Waals surface area contributed by atoms with Crippen molar-refractivity contribution in [3.05, 3.63) is 47.2 Å². The first-order valence-corrected chi connectivity index (χ1v) is 6.80. The predicted molar refractivity (Wildman–Crippen MR) is 77.4 cm³/mol. The summed E-state index contributed by atoms with van der Waals surface area (Å²) in [4.78, 5) is 0. The third-order valence-electron chi connectivity index (χ3n) is 2.71. The molecule has 0 saturated heterocycles. The summed E-state index contributed by atoms with van der Waals surface area (Å²) >= 11 is 12.3. The van der Waals surface area contributed by atoms with Gasteiger partial charge in [0.1, 0.15) is 0 Å². The molecule has 0 aliphatic heterocycles. The fourth-order valence-electron chi connectivity index (χ4n) is 1.72. The highest BCUT2D eigenvalue weighted by molar-refractivity contribution is 6.36. The molecule has 0 N–H and O–H groups in total. The molecule has 1 aromatic heterocycles. The fourth-order valence-corrected chi connectivity index (χ4v) is 2.27. The van der Waals surface area contributed by atoms with E-state index in [1.54, 1.807) is 10.6 Å². The molecule has 1 aromatic carbocycles. The zero-order valence-corrected chi connectivity index (χ0v) is 11.8. The Morgan fingerprint density at radius 1 is 1.11 bits per heavy atom. The summed E-state index contributed by atoms with van der Waals surface area (Å²) in [5, 5.41) is 11.9. The molecule has 0 aliphatic carbocycles. The summed E-state index contributed by atoms with van der Waals surface area (Å²) in [5.74, 6) is 0. The molecule has 1 heterocycles. The molecular weight excluding hydrogens is 283 g/mol. The van der Waals surface area contributed by atoms with Crippen molar-refractivity contribution in [1.82, 2.24) is 15.4 Å². The molecule has 0 amide bonds. The second-order valence-electron chi connectivity index (χ2n) is 4.11. The van der Waals surface area contributed by atoms with E-state index in [-0.39, 0.29) is 0 Å². The molecule has 4 nitrogen and oxygen atoms in total. The number of aryl methyl sites for hydroxylation is 1. The molecule has 6 heteroatoms. The third-order valence-corrected chi connectivity index (χ3v) is 3.38. The predicted octanol–water partition coefficient (Wildman–Crippen LogP) is 3.51. The third kappa shape index (κ3) is 4.33. The minimum Gasteiger partial charge on any atom is -0.284 e. The molecule has 19 heavy (non-hydrogen) atoms. The van der Waals surface area contributed by atoms with E-state index in [1.807, 2.05) is 30.3 Å². The highest BCUT2D eigenvalue weighted by Crippen LogP contribution is 2.26. The van der Waals surface area contributed by atoms with Crippen LogP contribution in [-0.4, -0.2) is 22.0 Å². The lowest BCUT2D eigenvalue weighted by Gasteiger charge is -2.16. The fraction of sp³-hybridized carbons (Fsp3) is 0.308. The lowest BCUT2D eigenvalue weighted by molar-refractivity contribution is 0.708. The second kappa shape index (κ2) is 7.26. The van der Waals surface area contributed by atoms with Gasteiger partial charge in [-0.15, -0.1) is 10.2 Å². The number of aromatic nitrogens is 3. The van der Waals surface area contributed by atoms with Crippen LogP contribution in [0.5, 0.6) is 0 Å². The second-order valence-corrected chi connectivity index (χ2v) is 4.92. The number of nitrogens with zero attached hydrogens (tertiary/aromatic N) is 4. The summed E-state index contributed by atoms with van der Waals surface area (Å²) in [6, 6.07) is 9.42. The monoisotopic (exact) mass is 296 g/mol. The molecule has 0 unspecified atom stereocenters. The van der Waals surface area contributed by atoms with Crippen LogP contribution >= 0.6 is 23.4 Å². The van der Waals surface area contributed by atoms with Crippen molar-refractivity contribution >= 4 is 29.1 Å². The maximum absolute atomic E-state index is 6.20. The number of rotatable bonds is 6. The molecule has 0 spiro atoms. The minimum absolute atomic E-state index is 0.664. The summed E-state index contributed by atoms with van der Waals surface area (Å²) in [6.07, 6.45) is 4.48.